The minimum atomic E-state index is -2.62. The molecule has 6 nitrogen and oxygen atoms in total. The second kappa shape index (κ2) is 7.06. The van der Waals surface area contributed by atoms with E-state index in [1.54, 1.807) is 4.90 Å². The van der Waals surface area contributed by atoms with Gasteiger partial charge in [-0.25, -0.2) is 23.5 Å². The highest BCUT2D eigenvalue weighted by Gasteiger charge is 2.27. The quantitative estimate of drug-likeness (QED) is 0.923. The Balaban J connectivity index is 1.85. The van der Waals surface area contributed by atoms with Crippen molar-refractivity contribution in [2.75, 3.05) is 18.4 Å². The number of hydrogen-bond acceptors (Lipinski definition) is 5. The van der Waals surface area contributed by atoms with Crippen LogP contribution in [0.3, 0.4) is 0 Å². The first kappa shape index (κ1) is 17.4. The molecule has 0 unspecified atom stereocenters. The number of ether oxygens (including phenoxy) is 1. The molecule has 23 heavy (non-hydrogen) atoms. The van der Waals surface area contributed by atoms with Gasteiger partial charge >= 0.3 is 6.09 Å². The Morgan fingerprint density at radius 2 is 2.00 bits per heavy atom. The van der Waals surface area contributed by atoms with Crippen molar-refractivity contribution in [3.63, 3.8) is 0 Å². The molecule has 128 valence electrons. The molecule has 0 aromatic carbocycles. The number of aromatic nitrogens is 2. The molecule has 2 rings (SSSR count). The first-order valence-electron chi connectivity index (χ1n) is 7.59. The Bertz CT molecular complexity index is 541. The van der Waals surface area contributed by atoms with E-state index in [0.29, 0.717) is 31.7 Å². The Labute approximate surface area is 134 Å². The molecule has 1 amide bonds. The van der Waals surface area contributed by atoms with Crippen LogP contribution in [0.2, 0.25) is 0 Å². The second-order valence-electron chi connectivity index (χ2n) is 6.51. The zero-order valence-electron chi connectivity index (χ0n) is 13.6. The van der Waals surface area contributed by atoms with Gasteiger partial charge in [-0.3, -0.25) is 0 Å². The summed E-state index contributed by atoms with van der Waals surface area (Å²) in [5, 5.41) is 3.12. The number of anilines is 1. The van der Waals surface area contributed by atoms with Crippen LogP contribution in [0.4, 0.5) is 19.4 Å². The summed E-state index contributed by atoms with van der Waals surface area (Å²) >= 11 is 0. The van der Waals surface area contributed by atoms with Gasteiger partial charge in [0.2, 0.25) is 0 Å². The van der Waals surface area contributed by atoms with E-state index in [1.165, 1.54) is 6.07 Å². The number of carbonyl (C=O) groups is 1. The van der Waals surface area contributed by atoms with Crippen molar-refractivity contribution in [2.24, 2.45) is 0 Å². The van der Waals surface area contributed by atoms with Gasteiger partial charge in [0.1, 0.15) is 23.4 Å². The summed E-state index contributed by atoms with van der Waals surface area (Å²) in [6.45, 7) is 6.59. The first-order valence-corrected chi connectivity index (χ1v) is 7.59. The molecule has 1 aliphatic rings. The monoisotopic (exact) mass is 328 g/mol. The molecule has 1 N–H and O–H groups in total. The molecule has 1 fully saturated rings. The van der Waals surface area contributed by atoms with E-state index in [-0.39, 0.29) is 17.8 Å². The molecule has 2 heterocycles. The number of halogens is 2. The van der Waals surface area contributed by atoms with Crippen molar-refractivity contribution < 1.29 is 18.3 Å². The van der Waals surface area contributed by atoms with Crippen LogP contribution < -0.4 is 5.32 Å². The van der Waals surface area contributed by atoms with Crippen molar-refractivity contribution in [3.05, 3.63) is 18.1 Å². The van der Waals surface area contributed by atoms with E-state index in [0.717, 1.165) is 6.33 Å². The molecule has 0 saturated carbocycles. The molecule has 8 heteroatoms. The van der Waals surface area contributed by atoms with Crippen LogP contribution in [0.5, 0.6) is 0 Å². The van der Waals surface area contributed by atoms with Gasteiger partial charge in [0.25, 0.3) is 6.43 Å². The number of alkyl halides is 2. The summed E-state index contributed by atoms with van der Waals surface area (Å²) in [5.41, 5.74) is -0.813. The fourth-order valence-corrected chi connectivity index (χ4v) is 2.31. The number of hydrogen-bond donors (Lipinski definition) is 1. The van der Waals surface area contributed by atoms with Crippen LogP contribution >= 0.6 is 0 Å². The molecular formula is C15H22F2N4O2. The van der Waals surface area contributed by atoms with Crippen molar-refractivity contribution in [2.45, 2.75) is 51.7 Å². The summed E-state index contributed by atoms with van der Waals surface area (Å²) < 4.78 is 30.6. The molecule has 0 bridgehead atoms. The smallest absolute Gasteiger partial charge is 0.410 e. The Hall–Kier alpha value is -1.99. The third-order valence-electron chi connectivity index (χ3n) is 3.41. The lowest BCUT2D eigenvalue weighted by atomic mass is 10.1. The minimum Gasteiger partial charge on any atom is -0.444 e. The van der Waals surface area contributed by atoms with Gasteiger partial charge in [-0.05, 0) is 33.6 Å². The number of piperidine rings is 1. The number of amides is 1. The van der Waals surface area contributed by atoms with E-state index < -0.39 is 12.0 Å². The van der Waals surface area contributed by atoms with E-state index in [1.807, 2.05) is 20.8 Å². The van der Waals surface area contributed by atoms with Crippen LogP contribution in [0.1, 0.15) is 45.7 Å². The lowest BCUT2D eigenvalue weighted by Crippen LogP contribution is -2.44. The van der Waals surface area contributed by atoms with Gasteiger partial charge in [0.05, 0.1) is 0 Å². The predicted octanol–water partition coefficient (Wildman–Crippen LogP) is 3.23. The molecule has 0 atom stereocenters. The Morgan fingerprint density at radius 3 is 2.57 bits per heavy atom. The average Bonchev–Trinajstić information content (AvgIpc) is 2.46. The first-order chi connectivity index (χ1) is 10.7. The molecule has 1 aromatic heterocycles. The van der Waals surface area contributed by atoms with Gasteiger partial charge in [-0.2, -0.15) is 0 Å². The average molecular weight is 328 g/mol. The van der Waals surface area contributed by atoms with Crippen molar-refractivity contribution in [1.29, 1.82) is 0 Å². The topological polar surface area (TPSA) is 67.3 Å². The molecule has 1 aromatic rings. The van der Waals surface area contributed by atoms with Crippen molar-refractivity contribution in [1.82, 2.24) is 14.9 Å². The Kier molecular flexibility index (Phi) is 5.33. The lowest BCUT2D eigenvalue weighted by Gasteiger charge is -2.33. The van der Waals surface area contributed by atoms with Crippen LogP contribution in [0, 0.1) is 0 Å². The summed E-state index contributed by atoms with van der Waals surface area (Å²) in [7, 11) is 0. The van der Waals surface area contributed by atoms with E-state index in [9.17, 15) is 13.6 Å². The number of carbonyl (C=O) groups excluding carboxylic acids is 1. The number of nitrogens with zero attached hydrogens (tertiary/aromatic N) is 3. The van der Waals surface area contributed by atoms with E-state index >= 15 is 0 Å². The lowest BCUT2D eigenvalue weighted by molar-refractivity contribution is 0.0210. The minimum absolute atomic E-state index is 0.0779. The van der Waals surface area contributed by atoms with Gasteiger partial charge < -0.3 is 15.0 Å². The van der Waals surface area contributed by atoms with Crippen LogP contribution in [0.15, 0.2) is 12.4 Å². The van der Waals surface area contributed by atoms with Crippen LogP contribution in [-0.2, 0) is 4.74 Å². The zero-order valence-corrected chi connectivity index (χ0v) is 13.6. The summed E-state index contributed by atoms with van der Waals surface area (Å²) in [4.78, 5) is 21.1. The maximum Gasteiger partial charge on any atom is 0.410 e. The molecule has 1 saturated heterocycles. The standard InChI is InChI=1S/C15H22F2N4O2/c1-15(2,3)23-14(22)21-6-4-10(5-7-21)20-12-8-11(13(16)17)18-9-19-12/h8-10,13H,4-7H2,1-3H3,(H,18,19,20). The number of rotatable bonds is 3. The van der Waals surface area contributed by atoms with E-state index in [4.69, 9.17) is 4.74 Å². The van der Waals surface area contributed by atoms with Crippen LogP contribution in [-0.4, -0.2) is 45.7 Å². The normalized spacial score (nSPS) is 16.5. The Morgan fingerprint density at radius 1 is 1.35 bits per heavy atom. The zero-order chi connectivity index (χ0) is 17.0. The number of nitrogens with one attached hydrogen (secondary N) is 1. The molecule has 0 radical (unpaired) electrons. The molecule has 1 aliphatic heterocycles. The third-order valence-corrected chi connectivity index (χ3v) is 3.41. The highest BCUT2D eigenvalue weighted by atomic mass is 19.3. The molecule has 0 spiro atoms. The maximum absolute atomic E-state index is 12.6. The van der Waals surface area contributed by atoms with Crippen LogP contribution in [0.25, 0.3) is 0 Å². The summed E-state index contributed by atoms with van der Waals surface area (Å²) in [6, 6.07) is 1.33. The van der Waals surface area contributed by atoms with Gasteiger partial charge in [-0.15, -0.1) is 0 Å². The SMILES string of the molecule is CC(C)(C)OC(=O)N1CCC(Nc2cc(C(F)F)ncn2)CC1. The summed E-state index contributed by atoms with van der Waals surface area (Å²) in [6.07, 6.45) is -0.411. The predicted molar refractivity (Wildman–Crippen MR) is 81.4 cm³/mol. The largest absolute Gasteiger partial charge is 0.444 e. The van der Waals surface area contributed by atoms with Gasteiger partial charge in [0.15, 0.2) is 0 Å². The molecular weight excluding hydrogens is 306 g/mol. The van der Waals surface area contributed by atoms with Gasteiger partial charge in [-0.1, -0.05) is 0 Å². The third kappa shape index (κ3) is 5.30. The fraction of sp³-hybridized carbons (Fsp3) is 0.667. The van der Waals surface area contributed by atoms with Crippen molar-refractivity contribution >= 4 is 11.9 Å². The molecule has 0 aliphatic carbocycles. The van der Waals surface area contributed by atoms with Crippen molar-refractivity contribution in [3.8, 4) is 0 Å². The second-order valence-corrected chi connectivity index (χ2v) is 6.51. The fourth-order valence-electron chi connectivity index (χ4n) is 2.31. The summed E-state index contributed by atoms with van der Waals surface area (Å²) in [5.74, 6) is 0.381. The van der Waals surface area contributed by atoms with Gasteiger partial charge in [0, 0.05) is 25.2 Å². The number of likely N-dealkylation sites (tertiary alicyclic amines) is 1. The highest BCUT2D eigenvalue weighted by Crippen LogP contribution is 2.21. The van der Waals surface area contributed by atoms with E-state index in [2.05, 4.69) is 15.3 Å². The highest BCUT2D eigenvalue weighted by molar-refractivity contribution is 5.68. The maximum atomic E-state index is 12.6.